The fraction of sp³-hybridized carbons (Fsp3) is 0.409. The number of amides is 1. The Morgan fingerprint density at radius 1 is 1.35 bits per heavy atom. The molecule has 1 aliphatic carbocycles. The van der Waals surface area contributed by atoms with Crippen LogP contribution in [0.1, 0.15) is 23.7 Å². The molecule has 1 amide bonds. The van der Waals surface area contributed by atoms with E-state index in [0.29, 0.717) is 23.3 Å². The van der Waals surface area contributed by atoms with Crippen molar-refractivity contribution in [3.63, 3.8) is 0 Å². The van der Waals surface area contributed by atoms with Crippen LogP contribution in [0.25, 0.3) is 10.9 Å². The van der Waals surface area contributed by atoms with Crippen LogP contribution in [0.5, 0.6) is 0 Å². The first-order valence-electron chi connectivity index (χ1n) is 10.2. The number of benzene rings is 1. The van der Waals surface area contributed by atoms with Crippen LogP contribution in [0.3, 0.4) is 0 Å². The van der Waals surface area contributed by atoms with Crippen molar-refractivity contribution < 1.29 is 18.3 Å². The van der Waals surface area contributed by atoms with Gasteiger partial charge in [-0.25, -0.2) is 18.7 Å². The van der Waals surface area contributed by atoms with Crippen LogP contribution in [0, 0.1) is 11.8 Å². The smallest absolute Gasteiger partial charge is 0.250 e. The molecule has 2 unspecified atom stereocenters. The average Bonchev–Trinajstić information content (AvgIpc) is 2.72. The van der Waals surface area contributed by atoms with Gasteiger partial charge in [-0.3, -0.25) is 4.79 Å². The Morgan fingerprint density at radius 3 is 2.77 bits per heavy atom. The number of carbonyl (C=O) groups excluding carboxylic acids is 1. The third kappa shape index (κ3) is 3.97. The predicted octanol–water partition coefficient (Wildman–Crippen LogP) is 3.16. The molecular formula is C22H25F2N5O2. The number of likely N-dealkylation sites (tertiary alicyclic amines) is 1. The van der Waals surface area contributed by atoms with Crippen LogP contribution in [-0.2, 0) is 4.74 Å². The van der Waals surface area contributed by atoms with E-state index >= 15 is 0 Å². The molecule has 0 spiro atoms. The van der Waals surface area contributed by atoms with Gasteiger partial charge in [-0.15, -0.1) is 0 Å². The lowest BCUT2D eigenvalue weighted by Gasteiger charge is -2.39. The number of nitrogens with zero attached hydrogens (tertiary/aromatic N) is 3. The van der Waals surface area contributed by atoms with Crippen molar-refractivity contribution in [3.8, 4) is 0 Å². The first kappa shape index (κ1) is 21.2. The number of halogens is 2. The summed E-state index contributed by atoms with van der Waals surface area (Å²) in [5.41, 5.74) is 6.20. The van der Waals surface area contributed by atoms with Gasteiger partial charge in [-0.05, 0) is 37.7 Å². The number of nitrogens with one attached hydrogen (secondary N) is 1. The van der Waals surface area contributed by atoms with Gasteiger partial charge in [-0.1, -0.05) is 13.0 Å². The predicted molar refractivity (Wildman–Crippen MR) is 114 cm³/mol. The second-order valence-electron chi connectivity index (χ2n) is 7.96. The zero-order chi connectivity index (χ0) is 22.1. The number of fused-ring (bicyclic) bond motifs is 1. The number of hydrogen-bond donors (Lipinski definition) is 2. The van der Waals surface area contributed by atoms with Gasteiger partial charge in [0, 0.05) is 29.8 Å². The minimum Gasteiger partial charge on any atom is -0.491 e. The molecule has 0 saturated carbocycles. The van der Waals surface area contributed by atoms with E-state index in [1.807, 2.05) is 0 Å². The zero-order valence-corrected chi connectivity index (χ0v) is 17.4. The number of anilines is 1. The van der Waals surface area contributed by atoms with Gasteiger partial charge < -0.3 is 20.7 Å². The maximum absolute atomic E-state index is 14.8. The molecular weight excluding hydrogens is 404 g/mol. The molecule has 1 aromatic carbocycles. The quantitative estimate of drug-likeness (QED) is 0.702. The molecule has 3 N–H and O–H groups in total. The van der Waals surface area contributed by atoms with E-state index in [9.17, 15) is 13.6 Å². The SMILES string of the molecule is COC1=C(F)C(C)C([C@@H](CN2CCC2)Nc2ncnc3c(C(N)=O)cccc23)C=C1F. The number of hydrogen-bond acceptors (Lipinski definition) is 6. The third-order valence-corrected chi connectivity index (χ3v) is 6.07. The second kappa shape index (κ2) is 8.58. The van der Waals surface area contributed by atoms with Crippen LogP contribution < -0.4 is 11.1 Å². The van der Waals surface area contributed by atoms with E-state index in [4.69, 9.17) is 10.5 Å². The number of methoxy groups -OCH3 is 1. The first-order valence-corrected chi connectivity index (χ1v) is 10.2. The maximum Gasteiger partial charge on any atom is 0.250 e. The van der Waals surface area contributed by atoms with E-state index < -0.39 is 29.4 Å². The molecule has 1 aliphatic heterocycles. The Bertz CT molecular complexity index is 1070. The number of rotatable bonds is 7. The largest absolute Gasteiger partial charge is 0.491 e. The number of ether oxygens (including phenoxy) is 1. The van der Waals surface area contributed by atoms with E-state index in [-0.39, 0.29) is 17.4 Å². The summed E-state index contributed by atoms with van der Waals surface area (Å²) in [5, 5.41) is 3.99. The molecule has 1 fully saturated rings. The zero-order valence-electron chi connectivity index (χ0n) is 17.4. The van der Waals surface area contributed by atoms with Crippen molar-refractivity contribution in [1.29, 1.82) is 0 Å². The van der Waals surface area contributed by atoms with Crippen molar-refractivity contribution in [1.82, 2.24) is 14.9 Å². The fourth-order valence-corrected chi connectivity index (χ4v) is 4.22. The highest BCUT2D eigenvalue weighted by molar-refractivity contribution is 6.06. The van der Waals surface area contributed by atoms with Gasteiger partial charge in [0.2, 0.25) is 0 Å². The minimum atomic E-state index is -0.706. The van der Waals surface area contributed by atoms with Crippen molar-refractivity contribution >= 4 is 22.6 Å². The van der Waals surface area contributed by atoms with Gasteiger partial charge in [0.1, 0.15) is 18.0 Å². The van der Waals surface area contributed by atoms with Crippen LogP contribution in [0.4, 0.5) is 14.6 Å². The van der Waals surface area contributed by atoms with Crippen molar-refractivity contribution in [3.05, 3.63) is 53.6 Å². The standard InChI is InChI=1S/C22H25F2N5O2/c1-12-15(9-16(23)20(31-2)18(12)24)17(10-29-7-4-8-29)28-22-14-6-3-5-13(21(25)30)19(14)26-11-27-22/h3,5-6,9,11-12,15,17H,4,7-8,10H2,1-2H3,(H2,25,30)(H,26,27,28)/t12?,15?,17-/m1/s1. The lowest BCUT2D eigenvalue weighted by atomic mass is 9.81. The summed E-state index contributed by atoms with van der Waals surface area (Å²) < 4.78 is 34.3. The summed E-state index contributed by atoms with van der Waals surface area (Å²) in [6, 6.07) is 4.76. The Balaban J connectivity index is 1.71. The van der Waals surface area contributed by atoms with E-state index in [0.717, 1.165) is 19.5 Å². The van der Waals surface area contributed by atoms with Gasteiger partial charge >= 0.3 is 0 Å². The Labute approximate surface area is 179 Å². The summed E-state index contributed by atoms with van der Waals surface area (Å²) in [5.74, 6) is -2.80. The van der Waals surface area contributed by atoms with E-state index in [2.05, 4.69) is 20.2 Å². The first-order chi connectivity index (χ1) is 14.9. The number of nitrogens with two attached hydrogens (primary N) is 1. The molecule has 0 radical (unpaired) electrons. The highest BCUT2D eigenvalue weighted by atomic mass is 19.1. The molecule has 1 aromatic heterocycles. The molecule has 2 aliphatic rings. The van der Waals surface area contributed by atoms with Crippen LogP contribution in [0.15, 0.2) is 48.0 Å². The Morgan fingerprint density at radius 2 is 2.13 bits per heavy atom. The molecule has 0 bridgehead atoms. The molecule has 1 saturated heterocycles. The molecule has 7 nitrogen and oxygen atoms in total. The Kier molecular flexibility index (Phi) is 5.86. The van der Waals surface area contributed by atoms with Crippen molar-refractivity contribution in [2.75, 3.05) is 32.1 Å². The fourth-order valence-electron chi connectivity index (χ4n) is 4.22. The maximum atomic E-state index is 14.8. The van der Waals surface area contributed by atoms with Crippen molar-refractivity contribution in [2.45, 2.75) is 19.4 Å². The number of para-hydroxylation sites is 1. The Hall–Kier alpha value is -3.07. The van der Waals surface area contributed by atoms with Crippen LogP contribution in [-0.4, -0.2) is 53.6 Å². The molecule has 2 aromatic rings. The summed E-state index contributed by atoms with van der Waals surface area (Å²) in [6.07, 6.45) is 3.86. The van der Waals surface area contributed by atoms with Gasteiger partial charge in [-0.2, -0.15) is 0 Å². The van der Waals surface area contributed by atoms with Gasteiger partial charge in [0.25, 0.3) is 5.91 Å². The molecule has 4 rings (SSSR count). The summed E-state index contributed by atoms with van der Waals surface area (Å²) in [4.78, 5) is 22.6. The van der Waals surface area contributed by atoms with Crippen molar-refractivity contribution in [2.24, 2.45) is 17.6 Å². The monoisotopic (exact) mass is 429 g/mol. The number of allylic oxidation sites excluding steroid dienone is 2. The number of carbonyl (C=O) groups is 1. The summed E-state index contributed by atoms with van der Waals surface area (Å²) >= 11 is 0. The molecule has 31 heavy (non-hydrogen) atoms. The lowest BCUT2D eigenvalue weighted by Crippen LogP contribution is -2.48. The number of aromatic nitrogens is 2. The lowest BCUT2D eigenvalue weighted by molar-refractivity contribution is 0.100. The van der Waals surface area contributed by atoms with E-state index in [1.165, 1.54) is 19.5 Å². The van der Waals surface area contributed by atoms with Crippen LogP contribution in [0.2, 0.25) is 0 Å². The highest BCUT2D eigenvalue weighted by Gasteiger charge is 2.37. The molecule has 164 valence electrons. The average molecular weight is 429 g/mol. The van der Waals surface area contributed by atoms with E-state index in [1.54, 1.807) is 25.1 Å². The normalized spacial score (nSPS) is 22.6. The highest BCUT2D eigenvalue weighted by Crippen LogP contribution is 2.38. The topological polar surface area (TPSA) is 93.4 Å². The minimum absolute atomic E-state index is 0.290. The summed E-state index contributed by atoms with van der Waals surface area (Å²) in [7, 11) is 1.26. The third-order valence-electron chi connectivity index (χ3n) is 6.07. The molecule has 3 atom stereocenters. The van der Waals surface area contributed by atoms with Gasteiger partial charge in [0.05, 0.1) is 18.2 Å². The second-order valence-corrected chi connectivity index (χ2v) is 7.96. The molecule has 9 heteroatoms. The number of primary amides is 1. The summed E-state index contributed by atoms with van der Waals surface area (Å²) in [6.45, 7) is 4.18. The van der Waals surface area contributed by atoms with Crippen LogP contribution >= 0.6 is 0 Å². The molecule has 2 heterocycles. The van der Waals surface area contributed by atoms with Gasteiger partial charge in [0.15, 0.2) is 11.6 Å².